The van der Waals surface area contributed by atoms with Crippen molar-refractivity contribution in [3.63, 3.8) is 0 Å². The van der Waals surface area contributed by atoms with Crippen LogP contribution in [0.1, 0.15) is 20.7 Å². The van der Waals surface area contributed by atoms with Crippen molar-refractivity contribution in [1.29, 1.82) is 0 Å². The average Bonchev–Trinajstić information content (AvgIpc) is 2.87. The van der Waals surface area contributed by atoms with Gasteiger partial charge in [-0.05, 0) is 30.3 Å². The number of nitrogens with zero attached hydrogens (tertiary/aromatic N) is 2. The largest absolute Gasteiger partial charge is 0.268 e. The Morgan fingerprint density at radius 2 is 1.22 bits per heavy atom. The van der Waals surface area contributed by atoms with Gasteiger partial charge in [0, 0.05) is 11.8 Å². The molecule has 0 unspecified atom stereocenters. The number of rotatable bonds is 2. The average molecular weight is 300 g/mol. The first kappa shape index (κ1) is 13.4. The van der Waals surface area contributed by atoms with Crippen molar-refractivity contribution >= 4 is 17.5 Å². The number of fused-ring (bicyclic) bond motifs is 1. The molecule has 1 aliphatic rings. The van der Waals surface area contributed by atoms with E-state index in [1.165, 1.54) is 4.90 Å². The maximum Gasteiger partial charge on any atom is 0.266 e. The SMILES string of the molecule is O=C1c2ccccc2C(=O)N1c1ccccc1-c1ccccn1. The van der Waals surface area contributed by atoms with E-state index in [1.54, 1.807) is 36.5 Å². The third-order valence-corrected chi connectivity index (χ3v) is 3.88. The lowest BCUT2D eigenvalue weighted by Crippen LogP contribution is -2.29. The molecule has 4 nitrogen and oxygen atoms in total. The summed E-state index contributed by atoms with van der Waals surface area (Å²) in [5.74, 6) is -0.594. The number of hydrogen-bond donors (Lipinski definition) is 0. The van der Waals surface area contributed by atoms with Crippen molar-refractivity contribution in [1.82, 2.24) is 4.98 Å². The Bertz CT molecular complexity index is 884. The van der Waals surface area contributed by atoms with Gasteiger partial charge in [0.15, 0.2) is 0 Å². The predicted molar refractivity (Wildman–Crippen MR) is 87.3 cm³/mol. The number of anilines is 1. The van der Waals surface area contributed by atoms with E-state index < -0.39 is 0 Å². The zero-order chi connectivity index (χ0) is 15.8. The first-order valence-electron chi connectivity index (χ1n) is 7.25. The van der Waals surface area contributed by atoms with Crippen molar-refractivity contribution in [2.45, 2.75) is 0 Å². The van der Waals surface area contributed by atoms with E-state index in [1.807, 2.05) is 36.4 Å². The zero-order valence-corrected chi connectivity index (χ0v) is 12.1. The second kappa shape index (κ2) is 5.18. The van der Waals surface area contributed by atoms with Gasteiger partial charge in [-0.1, -0.05) is 36.4 Å². The first-order chi connectivity index (χ1) is 11.3. The van der Waals surface area contributed by atoms with Crippen LogP contribution < -0.4 is 4.90 Å². The molecule has 2 heterocycles. The van der Waals surface area contributed by atoms with Crippen LogP contribution in [0.5, 0.6) is 0 Å². The molecule has 0 fully saturated rings. The molecule has 1 aliphatic heterocycles. The van der Waals surface area contributed by atoms with Crippen molar-refractivity contribution in [3.8, 4) is 11.3 Å². The second-order valence-corrected chi connectivity index (χ2v) is 5.22. The van der Waals surface area contributed by atoms with Crippen LogP contribution in [0.4, 0.5) is 5.69 Å². The molecular weight excluding hydrogens is 288 g/mol. The van der Waals surface area contributed by atoms with Gasteiger partial charge >= 0.3 is 0 Å². The van der Waals surface area contributed by atoms with Gasteiger partial charge in [-0.25, -0.2) is 4.90 Å². The summed E-state index contributed by atoms with van der Waals surface area (Å²) in [5, 5.41) is 0. The van der Waals surface area contributed by atoms with Gasteiger partial charge in [-0.15, -0.1) is 0 Å². The zero-order valence-electron chi connectivity index (χ0n) is 12.1. The summed E-state index contributed by atoms with van der Waals surface area (Å²) in [6, 6.07) is 19.8. The van der Waals surface area contributed by atoms with Crippen LogP contribution >= 0.6 is 0 Å². The van der Waals surface area contributed by atoms with Crippen LogP contribution in [-0.2, 0) is 0 Å². The van der Waals surface area contributed by atoms with E-state index in [4.69, 9.17) is 0 Å². The molecule has 0 atom stereocenters. The number of para-hydroxylation sites is 1. The van der Waals surface area contributed by atoms with E-state index in [-0.39, 0.29) is 11.8 Å². The number of aromatic nitrogens is 1. The topological polar surface area (TPSA) is 50.3 Å². The normalized spacial score (nSPS) is 13.3. The highest BCUT2D eigenvalue weighted by Crippen LogP contribution is 2.34. The lowest BCUT2D eigenvalue weighted by Gasteiger charge is -2.17. The van der Waals surface area contributed by atoms with Gasteiger partial charge in [0.1, 0.15) is 0 Å². The molecule has 0 bridgehead atoms. The van der Waals surface area contributed by atoms with Gasteiger partial charge in [0.25, 0.3) is 11.8 Å². The molecule has 0 saturated heterocycles. The van der Waals surface area contributed by atoms with E-state index in [0.717, 1.165) is 11.3 Å². The van der Waals surface area contributed by atoms with Crippen molar-refractivity contribution in [2.24, 2.45) is 0 Å². The molecule has 0 saturated carbocycles. The minimum absolute atomic E-state index is 0.297. The molecule has 0 radical (unpaired) electrons. The molecule has 3 aromatic rings. The Balaban J connectivity index is 1.88. The molecule has 0 aliphatic carbocycles. The van der Waals surface area contributed by atoms with Gasteiger partial charge in [-0.3, -0.25) is 14.6 Å². The summed E-state index contributed by atoms with van der Waals surface area (Å²) < 4.78 is 0. The summed E-state index contributed by atoms with van der Waals surface area (Å²) in [7, 11) is 0. The standard InChI is InChI=1S/C19H12N2O2/c22-18-13-7-1-2-8-14(13)19(23)21(18)17-11-4-3-9-15(17)16-10-5-6-12-20-16/h1-12H. The highest BCUT2D eigenvalue weighted by atomic mass is 16.2. The summed E-state index contributed by atoms with van der Waals surface area (Å²) in [6.07, 6.45) is 1.69. The van der Waals surface area contributed by atoms with Crippen LogP contribution in [0.2, 0.25) is 0 Å². The van der Waals surface area contributed by atoms with Crippen molar-refractivity contribution in [3.05, 3.63) is 84.1 Å². The lowest BCUT2D eigenvalue weighted by molar-refractivity contribution is 0.0926. The molecule has 4 heteroatoms. The number of benzene rings is 2. The minimum atomic E-state index is -0.297. The minimum Gasteiger partial charge on any atom is -0.268 e. The van der Waals surface area contributed by atoms with Crippen molar-refractivity contribution < 1.29 is 9.59 Å². The Labute approximate surface area is 133 Å². The van der Waals surface area contributed by atoms with E-state index in [9.17, 15) is 9.59 Å². The smallest absolute Gasteiger partial charge is 0.266 e. The summed E-state index contributed by atoms with van der Waals surface area (Å²) in [6.45, 7) is 0. The third kappa shape index (κ3) is 2.04. The second-order valence-electron chi connectivity index (χ2n) is 5.22. The molecule has 0 spiro atoms. The van der Waals surface area contributed by atoms with Gasteiger partial charge < -0.3 is 0 Å². The molecular formula is C19H12N2O2. The van der Waals surface area contributed by atoms with Crippen molar-refractivity contribution in [2.75, 3.05) is 4.90 Å². The molecule has 2 aromatic carbocycles. The van der Waals surface area contributed by atoms with E-state index >= 15 is 0 Å². The van der Waals surface area contributed by atoms with Crippen LogP contribution in [0.3, 0.4) is 0 Å². The molecule has 1 aromatic heterocycles. The van der Waals surface area contributed by atoms with Gasteiger partial charge in [0.05, 0.1) is 22.5 Å². The number of pyridine rings is 1. The van der Waals surface area contributed by atoms with E-state index in [0.29, 0.717) is 16.8 Å². The summed E-state index contributed by atoms with van der Waals surface area (Å²) >= 11 is 0. The molecule has 2 amide bonds. The van der Waals surface area contributed by atoms with Crippen LogP contribution in [0, 0.1) is 0 Å². The molecule has 110 valence electrons. The molecule has 4 rings (SSSR count). The predicted octanol–water partition coefficient (Wildman–Crippen LogP) is 3.55. The van der Waals surface area contributed by atoms with Gasteiger partial charge in [-0.2, -0.15) is 0 Å². The Hall–Kier alpha value is -3.27. The Kier molecular flexibility index (Phi) is 3.01. The van der Waals surface area contributed by atoms with Crippen LogP contribution in [0.15, 0.2) is 72.9 Å². The first-order valence-corrected chi connectivity index (χ1v) is 7.25. The quantitative estimate of drug-likeness (QED) is 0.680. The molecule has 23 heavy (non-hydrogen) atoms. The maximum atomic E-state index is 12.7. The van der Waals surface area contributed by atoms with Crippen LogP contribution in [-0.4, -0.2) is 16.8 Å². The highest BCUT2D eigenvalue weighted by Gasteiger charge is 2.37. The fraction of sp³-hybridized carbons (Fsp3) is 0. The fourth-order valence-electron chi connectivity index (χ4n) is 2.82. The maximum absolute atomic E-state index is 12.7. The number of carbonyl (C=O) groups excluding carboxylic acids is 2. The third-order valence-electron chi connectivity index (χ3n) is 3.88. The summed E-state index contributed by atoms with van der Waals surface area (Å²) in [4.78, 5) is 30.9. The lowest BCUT2D eigenvalue weighted by atomic mass is 10.1. The highest BCUT2D eigenvalue weighted by molar-refractivity contribution is 6.35. The fourth-order valence-corrected chi connectivity index (χ4v) is 2.82. The monoisotopic (exact) mass is 300 g/mol. The molecule has 0 N–H and O–H groups in total. The number of carbonyl (C=O) groups is 2. The number of imide groups is 1. The van der Waals surface area contributed by atoms with E-state index in [2.05, 4.69) is 4.98 Å². The Morgan fingerprint density at radius 1 is 0.652 bits per heavy atom. The van der Waals surface area contributed by atoms with Crippen LogP contribution in [0.25, 0.3) is 11.3 Å². The van der Waals surface area contributed by atoms with Gasteiger partial charge in [0.2, 0.25) is 0 Å². The Morgan fingerprint density at radius 3 is 1.83 bits per heavy atom. The number of hydrogen-bond acceptors (Lipinski definition) is 3. The number of amides is 2. The summed E-state index contributed by atoms with van der Waals surface area (Å²) in [5.41, 5.74) is 2.90.